The Bertz CT molecular complexity index is 861. The zero-order valence-electron chi connectivity index (χ0n) is 15.4. The van der Waals surface area contributed by atoms with Crippen molar-refractivity contribution in [3.63, 3.8) is 0 Å². The molecule has 0 amide bonds. The molecule has 1 heterocycles. The number of hydrogen-bond donors (Lipinski definition) is 2. The molecule has 0 unspecified atom stereocenters. The van der Waals surface area contributed by atoms with Gasteiger partial charge in [-0.05, 0) is 50.1 Å². The van der Waals surface area contributed by atoms with Gasteiger partial charge in [0, 0.05) is 28.8 Å². The smallest absolute Gasteiger partial charge is 0.341 e. The van der Waals surface area contributed by atoms with Crippen molar-refractivity contribution in [2.75, 3.05) is 20.3 Å². The van der Waals surface area contributed by atoms with Gasteiger partial charge in [-0.1, -0.05) is 15.9 Å². The Morgan fingerprint density at radius 1 is 1.27 bits per heavy atom. The molecular weight excluding hydrogens is 400 g/mol. The number of aryl methyl sites for hydroxylation is 2. The monoisotopic (exact) mass is 422 g/mol. The van der Waals surface area contributed by atoms with E-state index in [4.69, 9.17) is 9.47 Å². The average molecular weight is 423 g/mol. The SMILES string of the molecule is COC(=O)c1c(OCCNCc2c(C)cc(C)[nH]c2=O)ccc(Br)c1C. The molecule has 2 aromatic rings. The highest BCUT2D eigenvalue weighted by Gasteiger charge is 2.18. The largest absolute Gasteiger partial charge is 0.491 e. The van der Waals surface area contributed by atoms with Gasteiger partial charge in [-0.2, -0.15) is 0 Å². The summed E-state index contributed by atoms with van der Waals surface area (Å²) in [5, 5.41) is 3.19. The van der Waals surface area contributed by atoms with E-state index >= 15 is 0 Å². The van der Waals surface area contributed by atoms with E-state index in [2.05, 4.69) is 26.2 Å². The summed E-state index contributed by atoms with van der Waals surface area (Å²) in [6.45, 7) is 6.94. The van der Waals surface area contributed by atoms with Gasteiger partial charge < -0.3 is 19.8 Å². The Morgan fingerprint density at radius 2 is 2.00 bits per heavy atom. The van der Waals surface area contributed by atoms with E-state index in [0.717, 1.165) is 21.3 Å². The lowest BCUT2D eigenvalue weighted by Crippen LogP contribution is -2.26. The maximum Gasteiger partial charge on any atom is 0.341 e. The van der Waals surface area contributed by atoms with E-state index in [1.54, 1.807) is 6.07 Å². The number of ether oxygens (including phenoxy) is 2. The van der Waals surface area contributed by atoms with Crippen molar-refractivity contribution in [1.82, 2.24) is 10.3 Å². The normalized spacial score (nSPS) is 10.7. The number of benzene rings is 1. The minimum atomic E-state index is -0.437. The summed E-state index contributed by atoms with van der Waals surface area (Å²) in [6, 6.07) is 5.51. The number of pyridine rings is 1. The van der Waals surface area contributed by atoms with Crippen LogP contribution in [-0.4, -0.2) is 31.2 Å². The van der Waals surface area contributed by atoms with Gasteiger partial charge in [-0.3, -0.25) is 4.79 Å². The third kappa shape index (κ3) is 4.74. The fraction of sp³-hybridized carbons (Fsp3) is 0.368. The molecule has 140 valence electrons. The van der Waals surface area contributed by atoms with E-state index in [0.29, 0.717) is 36.6 Å². The molecule has 0 atom stereocenters. The Hall–Kier alpha value is -2.12. The number of carbonyl (C=O) groups excluding carboxylic acids is 1. The van der Waals surface area contributed by atoms with E-state index in [1.807, 2.05) is 32.9 Å². The lowest BCUT2D eigenvalue weighted by atomic mass is 10.1. The molecule has 2 rings (SSSR count). The Labute approximate surface area is 161 Å². The van der Waals surface area contributed by atoms with E-state index in [-0.39, 0.29) is 5.56 Å². The van der Waals surface area contributed by atoms with Crippen molar-refractivity contribution in [3.05, 3.63) is 61.0 Å². The van der Waals surface area contributed by atoms with E-state index < -0.39 is 5.97 Å². The van der Waals surface area contributed by atoms with E-state index in [1.165, 1.54) is 7.11 Å². The second-order valence-electron chi connectivity index (χ2n) is 6.01. The average Bonchev–Trinajstić information content (AvgIpc) is 2.59. The summed E-state index contributed by atoms with van der Waals surface area (Å²) in [4.78, 5) is 26.8. The molecule has 1 aromatic carbocycles. The molecule has 0 saturated carbocycles. The molecule has 0 radical (unpaired) electrons. The van der Waals surface area contributed by atoms with Crippen LogP contribution < -0.4 is 15.6 Å². The van der Waals surface area contributed by atoms with Crippen LogP contribution in [0.25, 0.3) is 0 Å². The minimum Gasteiger partial charge on any atom is -0.491 e. The van der Waals surface area contributed by atoms with Crippen LogP contribution in [0.4, 0.5) is 0 Å². The second kappa shape index (κ2) is 9.00. The molecule has 0 spiro atoms. The predicted molar refractivity (Wildman–Crippen MR) is 104 cm³/mol. The number of carbonyl (C=O) groups is 1. The van der Waals surface area contributed by atoms with Crippen molar-refractivity contribution in [2.24, 2.45) is 0 Å². The molecule has 0 saturated heterocycles. The van der Waals surface area contributed by atoms with Crippen molar-refractivity contribution in [2.45, 2.75) is 27.3 Å². The van der Waals surface area contributed by atoms with Crippen LogP contribution in [0.2, 0.25) is 0 Å². The molecule has 1 aromatic heterocycles. The van der Waals surface area contributed by atoms with Gasteiger partial charge in [0.2, 0.25) is 0 Å². The molecular formula is C19H23BrN2O4. The Kier molecular flexibility index (Phi) is 6.99. The predicted octanol–water partition coefficient (Wildman–Crippen LogP) is 3.02. The summed E-state index contributed by atoms with van der Waals surface area (Å²) < 4.78 is 11.4. The first-order valence-corrected chi connectivity index (χ1v) is 9.04. The van der Waals surface area contributed by atoms with Crippen LogP contribution >= 0.6 is 15.9 Å². The molecule has 0 fully saturated rings. The number of esters is 1. The van der Waals surface area contributed by atoms with Crippen molar-refractivity contribution < 1.29 is 14.3 Å². The van der Waals surface area contributed by atoms with Crippen LogP contribution in [0, 0.1) is 20.8 Å². The number of halogens is 1. The minimum absolute atomic E-state index is 0.0765. The third-order valence-corrected chi connectivity index (χ3v) is 4.94. The summed E-state index contributed by atoms with van der Waals surface area (Å²) in [5.74, 6) is 0.0392. The van der Waals surface area contributed by atoms with Crippen molar-refractivity contribution >= 4 is 21.9 Å². The fourth-order valence-electron chi connectivity index (χ4n) is 2.69. The molecule has 6 nitrogen and oxygen atoms in total. The quantitative estimate of drug-likeness (QED) is 0.529. The highest BCUT2D eigenvalue weighted by Crippen LogP contribution is 2.29. The third-order valence-electron chi connectivity index (χ3n) is 4.08. The van der Waals surface area contributed by atoms with Gasteiger partial charge in [-0.15, -0.1) is 0 Å². The first kappa shape index (κ1) is 20.2. The molecule has 0 bridgehead atoms. The number of hydrogen-bond acceptors (Lipinski definition) is 5. The molecule has 0 aliphatic carbocycles. The first-order valence-electron chi connectivity index (χ1n) is 8.25. The molecule has 7 heteroatoms. The highest BCUT2D eigenvalue weighted by molar-refractivity contribution is 9.10. The van der Waals surface area contributed by atoms with Gasteiger partial charge in [0.1, 0.15) is 17.9 Å². The van der Waals surface area contributed by atoms with Gasteiger partial charge >= 0.3 is 5.97 Å². The number of H-pyrrole nitrogens is 1. The molecule has 2 N–H and O–H groups in total. The number of rotatable bonds is 7. The maximum atomic E-state index is 12.0. The van der Waals surface area contributed by atoms with Gasteiger partial charge in [0.05, 0.1) is 7.11 Å². The van der Waals surface area contributed by atoms with Crippen LogP contribution in [-0.2, 0) is 11.3 Å². The Morgan fingerprint density at radius 3 is 2.65 bits per heavy atom. The number of aromatic amines is 1. The van der Waals surface area contributed by atoms with Crippen LogP contribution in [0.5, 0.6) is 5.75 Å². The second-order valence-corrected chi connectivity index (χ2v) is 6.86. The van der Waals surface area contributed by atoms with Gasteiger partial charge in [0.15, 0.2) is 0 Å². The van der Waals surface area contributed by atoms with Crippen molar-refractivity contribution in [3.8, 4) is 5.75 Å². The lowest BCUT2D eigenvalue weighted by Gasteiger charge is -2.14. The van der Waals surface area contributed by atoms with Gasteiger partial charge in [-0.25, -0.2) is 4.79 Å². The molecule has 0 aliphatic heterocycles. The number of aromatic nitrogens is 1. The first-order chi connectivity index (χ1) is 12.3. The molecule has 26 heavy (non-hydrogen) atoms. The summed E-state index contributed by atoms with van der Waals surface area (Å²) in [6.07, 6.45) is 0. The van der Waals surface area contributed by atoms with Gasteiger partial charge in [0.25, 0.3) is 5.56 Å². The standard InChI is InChI=1S/C19H23BrN2O4/c1-11-9-12(2)22-18(23)14(11)10-21-7-8-26-16-6-5-15(20)13(3)17(16)19(24)25-4/h5-6,9,21H,7-8,10H2,1-4H3,(H,22,23). The summed E-state index contributed by atoms with van der Waals surface area (Å²) in [5.41, 5.74) is 3.62. The van der Waals surface area contributed by atoms with Crippen molar-refractivity contribution in [1.29, 1.82) is 0 Å². The fourth-order valence-corrected chi connectivity index (χ4v) is 3.02. The lowest BCUT2D eigenvalue weighted by molar-refractivity contribution is 0.0595. The molecule has 0 aliphatic rings. The number of methoxy groups -OCH3 is 1. The summed E-state index contributed by atoms with van der Waals surface area (Å²) in [7, 11) is 1.34. The van der Waals surface area contributed by atoms with E-state index in [9.17, 15) is 9.59 Å². The zero-order valence-corrected chi connectivity index (χ0v) is 17.0. The maximum absolute atomic E-state index is 12.0. The highest BCUT2D eigenvalue weighted by atomic mass is 79.9. The van der Waals surface area contributed by atoms with Crippen LogP contribution in [0.1, 0.15) is 32.7 Å². The van der Waals surface area contributed by atoms with Crippen LogP contribution in [0.15, 0.2) is 27.5 Å². The summed E-state index contributed by atoms with van der Waals surface area (Å²) >= 11 is 3.41. The zero-order chi connectivity index (χ0) is 19.3. The Balaban J connectivity index is 1.96. The van der Waals surface area contributed by atoms with Crippen LogP contribution in [0.3, 0.4) is 0 Å². The topological polar surface area (TPSA) is 80.4 Å². The number of nitrogens with one attached hydrogen (secondary N) is 2.